The summed E-state index contributed by atoms with van der Waals surface area (Å²) in [6.45, 7) is 2.21. The predicted octanol–water partition coefficient (Wildman–Crippen LogP) is 3.30. The van der Waals surface area contributed by atoms with Crippen molar-refractivity contribution in [1.82, 2.24) is 29.5 Å². The highest BCUT2D eigenvalue weighted by Gasteiger charge is 2.37. The van der Waals surface area contributed by atoms with Crippen LogP contribution in [0.3, 0.4) is 0 Å². The van der Waals surface area contributed by atoms with Gasteiger partial charge >= 0.3 is 6.61 Å². The zero-order chi connectivity index (χ0) is 30.8. The van der Waals surface area contributed by atoms with E-state index in [0.717, 1.165) is 29.9 Å². The molecule has 2 fully saturated rings. The number of benzene rings is 2. The number of piperazine rings is 1. The molecule has 0 radical (unpaired) electrons. The third-order valence-corrected chi connectivity index (χ3v) is 8.14. The number of aliphatic hydroxyl groups is 1. The van der Waals surface area contributed by atoms with Crippen molar-refractivity contribution in [2.75, 3.05) is 44.6 Å². The molecule has 13 heteroatoms. The van der Waals surface area contributed by atoms with E-state index in [0.29, 0.717) is 48.8 Å². The lowest BCUT2D eigenvalue weighted by Gasteiger charge is -2.38. The number of aliphatic hydroxyl groups excluding tert-OH is 1. The third-order valence-electron chi connectivity index (χ3n) is 8.14. The summed E-state index contributed by atoms with van der Waals surface area (Å²) in [4.78, 5) is 38.7. The first-order valence-corrected chi connectivity index (χ1v) is 14.5. The van der Waals surface area contributed by atoms with Crippen molar-refractivity contribution in [2.45, 2.75) is 26.1 Å². The van der Waals surface area contributed by atoms with Gasteiger partial charge in [0.15, 0.2) is 11.5 Å². The maximum absolute atomic E-state index is 13.4. The second kappa shape index (κ2) is 12.5. The number of alkyl halides is 2. The van der Waals surface area contributed by atoms with Crippen LogP contribution in [0.5, 0.6) is 5.75 Å². The molecule has 4 heterocycles. The van der Waals surface area contributed by atoms with E-state index in [2.05, 4.69) is 25.3 Å². The Morgan fingerprint density at radius 1 is 1.07 bits per heavy atom. The molecule has 44 heavy (non-hydrogen) atoms. The molecule has 0 aliphatic carbocycles. The Kier molecular flexibility index (Phi) is 8.40. The van der Waals surface area contributed by atoms with Crippen LogP contribution in [0.2, 0.25) is 0 Å². The average Bonchev–Trinajstić information content (AvgIpc) is 3.46. The van der Waals surface area contributed by atoms with Crippen LogP contribution in [-0.2, 0) is 4.79 Å². The van der Waals surface area contributed by atoms with Crippen LogP contribution in [-0.4, -0.2) is 93.1 Å². The topological polar surface area (TPSA) is 124 Å². The number of imidazole rings is 1. The fourth-order valence-electron chi connectivity index (χ4n) is 5.84. The minimum absolute atomic E-state index is 0.0386. The largest absolute Gasteiger partial charge is 0.435 e. The lowest BCUT2D eigenvalue weighted by molar-refractivity contribution is -0.142. The van der Waals surface area contributed by atoms with Gasteiger partial charge in [0.2, 0.25) is 5.91 Å². The Hall–Kier alpha value is -4.62. The predicted molar refractivity (Wildman–Crippen MR) is 159 cm³/mol. The summed E-state index contributed by atoms with van der Waals surface area (Å²) in [6.07, 6.45) is 4.57. The van der Waals surface area contributed by atoms with Crippen LogP contribution in [0.15, 0.2) is 61.1 Å². The molecular weight excluding hydrogens is 572 g/mol. The van der Waals surface area contributed by atoms with Gasteiger partial charge < -0.3 is 30.3 Å². The number of carbonyl (C=O) groups excluding carboxylic acids is 2. The molecule has 11 nitrogen and oxygen atoms in total. The van der Waals surface area contributed by atoms with E-state index >= 15 is 0 Å². The first-order valence-electron chi connectivity index (χ1n) is 14.5. The lowest BCUT2D eigenvalue weighted by atomic mass is 9.91. The number of anilines is 2. The highest BCUT2D eigenvalue weighted by Crippen LogP contribution is 2.29. The van der Waals surface area contributed by atoms with Crippen molar-refractivity contribution in [2.24, 2.45) is 5.92 Å². The first kappa shape index (κ1) is 29.5. The Labute approximate surface area is 252 Å². The number of β-amino-alcohol motifs (C(OH)–C–C–N with tert-alkyl or cyclic N) is 1. The SMILES string of the molecule is Cc1cc(Nc2nccn3c(-c4ccc(OC(F)F)cc4)cnc23)ccc1C(=O)N1CC[C@@H](C(=O)N2CCNCC2)[C@@H](O)C1. The van der Waals surface area contributed by atoms with Gasteiger partial charge in [0, 0.05) is 68.5 Å². The van der Waals surface area contributed by atoms with Gasteiger partial charge in [0.25, 0.3) is 5.91 Å². The molecule has 2 atom stereocenters. The highest BCUT2D eigenvalue weighted by molar-refractivity contribution is 5.96. The summed E-state index contributed by atoms with van der Waals surface area (Å²) in [5.74, 6) is -0.163. The number of hydrogen-bond acceptors (Lipinski definition) is 8. The van der Waals surface area contributed by atoms with Crippen molar-refractivity contribution in [3.05, 3.63) is 72.2 Å². The van der Waals surface area contributed by atoms with E-state index in [1.54, 1.807) is 52.7 Å². The summed E-state index contributed by atoms with van der Waals surface area (Å²) >= 11 is 0. The number of nitrogens with one attached hydrogen (secondary N) is 2. The number of halogens is 2. The van der Waals surface area contributed by atoms with Gasteiger partial charge in [-0.15, -0.1) is 0 Å². The second-order valence-electron chi connectivity index (χ2n) is 11.0. The zero-order valence-electron chi connectivity index (χ0n) is 24.1. The molecule has 2 aromatic carbocycles. The molecule has 6 rings (SSSR count). The van der Waals surface area contributed by atoms with Crippen LogP contribution in [0.25, 0.3) is 16.9 Å². The summed E-state index contributed by atoms with van der Waals surface area (Å²) in [5.41, 5.74) is 4.03. The Morgan fingerprint density at radius 3 is 2.55 bits per heavy atom. The number of carbonyl (C=O) groups is 2. The molecule has 2 saturated heterocycles. The molecule has 2 amide bonds. The summed E-state index contributed by atoms with van der Waals surface area (Å²) in [7, 11) is 0. The Morgan fingerprint density at radius 2 is 1.84 bits per heavy atom. The Balaban J connectivity index is 1.13. The highest BCUT2D eigenvalue weighted by atomic mass is 19.3. The van der Waals surface area contributed by atoms with Gasteiger partial charge in [-0.3, -0.25) is 14.0 Å². The zero-order valence-corrected chi connectivity index (χ0v) is 24.1. The number of nitrogens with zero attached hydrogens (tertiary/aromatic N) is 5. The number of aromatic nitrogens is 3. The van der Waals surface area contributed by atoms with Crippen molar-refractivity contribution < 1.29 is 28.2 Å². The van der Waals surface area contributed by atoms with Crippen LogP contribution in [0.1, 0.15) is 22.3 Å². The van der Waals surface area contributed by atoms with Gasteiger partial charge in [-0.2, -0.15) is 8.78 Å². The van der Waals surface area contributed by atoms with Gasteiger partial charge in [-0.25, -0.2) is 9.97 Å². The number of hydrogen-bond donors (Lipinski definition) is 3. The molecule has 0 spiro atoms. The van der Waals surface area contributed by atoms with E-state index < -0.39 is 18.6 Å². The van der Waals surface area contributed by atoms with E-state index in [-0.39, 0.29) is 24.1 Å². The maximum Gasteiger partial charge on any atom is 0.387 e. The summed E-state index contributed by atoms with van der Waals surface area (Å²) in [6, 6.07) is 11.7. The van der Waals surface area contributed by atoms with Crippen LogP contribution in [0.4, 0.5) is 20.3 Å². The van der Waals surface area contributed by atoms with Crippen molar-refractivity contribution in [1.29, 1.82) is 0 Å². The first-order chi connectivity index (χ1) is 21.3. The molecule has 2 aromatic heterocycles. The van der Waals surface area contributed by atoms with Crippen LogP contribution >= 0.6 is 0 Å². The van der Waals surface area contributed by atoms with Crippen LogP contribution < -0.4 is 15.4 Å². The van der Waals surface area contributed by atoms with Gasteiger partial charge in [0.05, 0.1) is 23.9 Å². The number of fused-ring (bicyclic) bond motifs is 1. The Bertz CT molecular complexity index is 1660. The molecule has 230 valence electrons. The molecule has 4 aromatic rings. The maximum atomic E-state index is 13.4. The number of ether oxygens (including phenoxy) is 1. The lowest BCUT2D eigenvalue weighted by Crippen LogP contribution is -2.55. The fourth-order valence-corrected chi connectivity index (χ4v) is 5.84. The number of amides is 2. The fraction of sp³-hybridized carbons (Fsp3) is 0.355. The smallest absolute Gasteiger partial charge is 0.387 e. The molecule has 3 N–H and O–H groups in total. The molecular formula is C31H33F2N7O4. The second-order valence-corrected chi connectivity index (χ2v) is 11.0. The third kappa shape index (κ3) is 6.06. The number of likely N-dealkylation sites (tertiary alicyclic amines) is 1. The van der Waals surface area contributed by atoms with Gasteiger partial charge in [0.1, 0.15) is 5.75 Å². The molecule has 0 saturated carbocycles. The molecule has 2 aliphatic heterocycles. The quantitative estimate of drug-likeness (QED) is 0.293. The van der Waals surface area contributed by atoms with E-state index in [1.807, 2.05) is 17.4 Å². The summed E-state index contributed by atoms with van der Waals surface area (Å²) < 4.78 is 31.3. The molecule has 0 unspecified atom stereocenters. The normalized spacial score (nSPS) is 18.9. The molecule has 0 bridgehead atoms. The van der Waals surface area contributed by atoms with Gasteiger partial charge in [-0.05, 0) is 61.4 Å². The number of aryl methyl sites for hydroxylation is 1. The van der Waals surface area contributed by atoms with E-state index in [9.17, 15) is 23.5 Å². The van der Waals surface area contributed by atoms with Crippen LogP contribution in [0, 0.1) is 12.8 Å². The van der Waals surface area contributed by atoms with Crippen molar-refractivity contribution >= 4 is 29.0 Å². The minimum Gasteiger partial charge on any atom is -0.435 e. The van der Waals surface area contributed by atoms with Gasteiger partial charge in [-0.1, -0.05) is 0 Å². The average molecular weight is 606 g/mol. The van der Waals surface area contributed by atoms with Crippen molar-refractivity contribution in [3.8, 4) is 17.0 Å². The number of piperidine rings is 1. The van der Waals surface area contributed by atoms with E-state index in [4.69, 9.17) is 0 Å². The monoisotopic (exact) mass is 605 g/mol. The molecule has 2 aliphatic rings. The standard InChI is InChI=1S/C31H33F2N7O4/c1-19-16-21(4-7-23(19)29(42)39-12-8-24(26(41)18-39)30(43)38-13-9-34-10-14-38)37-27-28-36-17-25(40(28)15-11-35-27)20-2-5-22(6-3-20)44-31(32)33/h2-7,11,15-17,24,26,31,34,41H,8-10,12-14,18H2,1H3,(H,35,37)/t24-,26+/m1/s1. The van der Waals surface area contributed by atoms with E-state index in [1.165, 1.54) is 12.1 Å². The summed E-state index contributed by atoms with van der Waals surface area (Å²) in [5, 5.41) is 17.3. The minimum atomic E-state index is -2.89. The van der Waals surface area contributed by atoms with Crippen molar-refractivity contribution in [3.63, 3.8) is 0 Å². The number of rotatable bonds is 7.